The first-order valence-corrected chi connectivity index (χ1v) is 10.6. The highest BCUT2D eigenvalue weighted by Gasteiger charge is 2.50. The van der Waals surface area contributed by atoms with Gasteiger partial charge in [0.05, 0.1) is 6.04 Å². The molecule has 5 rings (SSSR count). The zero-order chi connectivity index (χ0) is 18.4. The topological polar surface area (TPSA) is 61.4 Å². The third kappa shape index (κ3) is 3.33. The fourth-order valence-electron chi connectivity index (χ4n) is 6.01. The number of benzene rings is 1. The zero-order valence-corrected chi connectivity index (χ0v) is 17.0. The van der Waals surface area contributed by atoms with Gasteiger partial charge in [0, 0.05) is 24.9 Å². The van der Waals surface area contributed by atoms with Gasteiger partial charge in [0.25, 0.3) is 0 Å². The van der Waals surface area contributed by atoms with Crippen molar-refractivity contribution in [1.29, 1.82) is 0 Å². The second-order valence-electron chi connectivity index (χ2n) is 8.77. The molecule has 28 heavy (non-hydrogen) atoms. The molecule has 152 valence electrons. The third-order valence-corrected chi connectivity index (χ3v) is 7.20. The van der Waals surface area contributed by atoms with Crippen LogP contribution in [0, 0.1) is 11.8 Å². The Bertz CT molecular complexity index is 755. The van der Waals surface area contributed by atoms with Gasteiger partial charge >= 0.3 is 0 Å². The second kappa shape index (κ2) is 8.03. The van der Waals surface area contributed by atoms with Gasteiger partial charge < -0.3 is 15.5 Å². The van der Waals surface area contributed by atoms with Crippen LogP contribution in [0.25, 0.3) is 0 Å². The molecule has 2 bridgehead atoms. The first kappa shape index (κ1) is 19.7. The van der Waals surface area contributed by atoms with E-state index in [-0.39, 0.29) is 48.3 Å². The van der Waals surface area contributed by atoms with Gasteiger partial charge in [-0.3, -0.25) is 9.59 Å². The Balaban J connectivity index is 0.00000192. The molecule has 3 saturated heterocycles. The molecule has 6 heteroatoms. The number of hydrogen-bond acceptors (Lipinski definition) is 3. The van der Waals surface area contributed by atoms with Crippen LogP contribution in [0.15, 0.2) is 24.3 Å². The fraction of sp³-hybridized carbons (Fsp3) is 0.636. The molecular formula is C22H30ClN3O2. The normalized spacial score (nSPS) is 33.9. The molecule has 2 N–H and O–H groups in total. The number of hydrogen-bond donors (Lipinski definition) is 2. The van der Waals surface area contributed by atoms with Gasteiger partial charge in [-0.2, -0.15) is 0 Å². The van der Waals surface area contributed by atoms with E-state index in [2.05, 4.69) is 34.9 Å². The molecule has 1 aliphatic carbocycles. The average molecular weight is 404 g/mol. The minimum absolute atomic E-state index is 0. The van der Waals surface area contributed by atoms with Crippen LogP contribution in [-0.2, 0) is 16.0 Å². The molecule has 4 aliphatic rings. The average Bonchev–Trinajstić information content (AvgIpc) is 2.69. The van der Waals surface area contributed by atoms with Crippen LogP contribution in [-0.4, -0.2) is 41.9 Å². The zero-order valence-electron chi connectivity index (χ0n) is 16.2. The largest absolute Gasteiger partial charge is 0.347 e. The van der Waals surface area contributed by atoms with E-state index < -0.39 is 0 Å². The number of nitrogens with zero attached hydrogens (tertiary/aromatic N) is 1. The maximum atomic E-state index is 13.4. The molecule has 3 heterocycles. The van der Waals surface area contributed by atoms with Gasteiger partial charge in [0.1, 0.15) is 6.04 Å². The van der Waals surface area contributed by atoms with Crippen LogP contribution in [0.2, 0.25) is 0 Å². The van der Waals surface area contributed by atoms with Crippen LogP contribution in [0.3, 0.4) is 0 Å². The monoisotopic (exact) mass is 403 g/mol. The Morgan fingerprint density at radius 3 is 2.75 bits per heavy atom. The predicted molar refractivity (Wildman–Crippen MR) is 110 cm³/mol. The van der Waals surface area contributed by atoms with Crippen molar-refractivity contribution >= 4 is 24.2 Å². The Kier molecular flexibility index (Phi) is 5.66. The van der Waals surface area contributed by atoms with Crippen LogP contribution >= 0.6 is 12.4 Å². The lowest BCUT2D eigenvalue weighted by molar-refractivity contribution is -0.157. The highest BCUT2D eigenvalue weighted by molar-refractivity contribution is 5.89. The molecule has 0 unspecified atom stereocenters. The number of nitrogens with one attached hydrogen (secondary N) is 2. The lowest BCUT2D eigenvalue weighted by atomic mass is 9.72. The van der Waals surface area contributed by atoms with E-state index in [4.69, 9.17) is 0 Å². The number of halogens is 1. The predicted octanol–water partition coefficient (Wildman–Crippen LogP) is 2.59. The molecule has 1 aromatic rings. The summed E-state index contributed by atoms with van der Waals surface area (Å²) in [6.07, 6.45) is 6.85. The van der Waals surface area contributed by atoms with Crippen LogP contribution in [0.4, 0.5) is 0 Å². The summed E-state index contributed by atoms with van der Waals surface area (Å²) >= 11 is 0. The molecule has 1 aromatic carbocycles. The smallest absolute Gasteiger partial charge is 0.243 e. The summed E-state index contributed by atoms with van der Waals surface area (Å²) in [5.41, 5.74) is 2.61. The Morgan fingerprint density at radius 1 is 1.07 bits per heavy atom. The number of amides is 2. The second-order valence-corrected chi connectivity index (χ2v) is 8.77. The maximum absolute atomic E-state index is 13.4. The van der Waals surface area contributed by atoms with E-state index >= 15 is 0 Å². The van der Waals surface area contributed by atoms with E-state index in [0.29, 0.717) is 12.3 Å². The molecule has 0 saturated carbocycles. The molecule has 5 atom stereocenters. The summed E-state index contributed by atoms with van der Waals surface area (Å²) in [4.78, 5) is 28.2. The van der Waals surface area contributed by atoms with Crippen molar-refractivity contribution in [3.63, 3.8) is 0 Å². The van der Waals surface area contributed by atoms with Gasteiger partial charge in [-0.1, -0.05) is 24.3 Å². The van der Waals surface area contributed by atoms with Crippen LogP contribution in [0.1, 0.15) is 55.7 Å². The van der Waals surface area contributed by atoms with Gasteiger partial charge in [-0.25, -0.2) is 0 Å². The van der Waals surface area contributed by atoms with Crippen molar-refractivity contribution in [3.05, 3.63) is 35.4 Å². The van der Waals surface area contributed by atoms with E-state index in [1.807, 2.05) is 4.90 Å². The number of rotatable bonds is 2. The standard InChI is InChI=1S/C22H29N3O2.ClH/c26-20-10-4-9-19-15-11-16(13-23-12-15)21(25(19)20)22(27)24-18-8-3-6-14-5-1-2-7-17(14)18;/h1-2,5,7,15-16,18-19,21,23H,3-4,6,8-13H2,(H,24,27);1H/t15-,16+,18+,19+,21-;/m1./s1. The van der Waals surface area contributed by atoms with Crippen molar-refractivity contribution in [2.45, 2.75) is 63.1 Å². The minimum atomic E-state index is -0.305. The van der Waals surface area contributed by atoms with Crippen molar-refractivity contribution in [3.8, 4) is 0 Å². The third-order valence-electron chi connectivity index (χ3n) is 7.20. The highest BCUT2D eigenvalue weighted by atomic mass is 35.5. The van der Waals surface area contributed by atoms with E-state index in [0.717, 1.165) is 51.6 Å². The van der Waals surface area contributed by atoms with Crippen molar-refractivity contribution in [2.75, 3.05) is 13.1 Å². The van der Waals surface area contributed by atoms with Crippen molar-refractivity contribution in [2.24, 2.45) is 11.8 Å². The molecule has 5 nitrogen and oxygen atoms in total. The van der Waals surface area contributed by atoms with Gasteiger partial charge in [-0.15, -0.1) is 12.4 Å². The first-order valence-electron chi connectivity index (χ1n) is 10.6. The summed E-state index contributed by atoms with van der Waals surface area (Å²) in [5.74, 6) is 0.990. The van der Waals surface area contributed by atoms with Gasteiger partial charge in [0.2, 0.25) is 11.8 Å². The summed E-state index contributed by atoms with van der Waals surface area (Å²) < 4.78 is 0. The minimum Gasteiger partial charge on any atom is -0.347 e. The summed E-state index contributed by atoms with van der Waals surface area (Å²) in [7, 11) is 0. The quantitative estimate of drug-likeness (QED) is 0.797. The number of fused-ring (bicyclic) bond motifs is 5. The highest BCUT2D eigenvalue weighted by Crippen LogP contribution is 2.40. The molecule has 0 spiro atoms. The molecular weight excluding hydrogens is 374 g/mol. The van der Waals surface area contributed by atoms with Gasteiger partial charge in [0.15, 0.2) is 0 Å². The van der Waals surface area contributed by atoms with Crippen molar-refractivity contribution < 1.29 is 9.59 Å². The summed E-state index contributed by atoms with van der Waals surface area (Å²) in [5, 5.41) is 6.86. The fourth-order valence-corrected chi connectivity index (χ4v) is 6.01. The van der Waals surface area contributed by atoms with E-state index in [9.17, 15) is 9.59 Å². The molecule has 2 amide bonds. The number of piperidine rings is 3. The Labute approximate surface area is 173 Å². The van der Waals surface area contributed by atoms with E-state index in [1.165, 1.54) is 11.1 Å². The molecule has 0 radical (unpaired) electrons. The SMILES string of the molecule is Cl.O=C(N[C@H]1CCCc2ccccc21)[C@H]1[C@@H]2CNC[C@@H](C2)[C@@H]2CCCC(=O)N21. The van der Waals surface area contributed by atoms with E-state index in [1.54, 1.807) is 0 Å². The number of carbonyl (C=O) groups excluding carboxylic acids is 2. The molecule has 3 fully saturated rings. The Hall–Kier alpha value is -1.59. The first-order chi connectivity index (χ1) is 13.2. The molecule has 3 aliphatic heterocycles. The number of aryl methyl sites for hydroxylation is 1. The van der Waals surface area contributed by atoms with Gasteiger partial charge in [-0.05, 0) is 62.1 Å². The molecule has 0 aromatic heterocycles. The van der Waals surface area contributed by atoms with Crippen LogP contribution < -0.4 is 10.6 Å². The van der Waals surface area contributed by atoms with Crippen LogP contribution in [0.5, 0.6) is 0 Å². The van der Waals surface area contributed by atoms with Crippen molar-refractivity contribution in [1.82, 2.24) is 15.5 Å². The summed E-state index contributed by atoms with van der Waals surface area (Å²) in [6, 6.07) is 8.47. The lowest BCUT2D eigenvalue weighted by Crippen LogP contribution is -2.68. The Morgan fingerprint density at radius 2 is 1.86 bits per heavy atom. The number of carbonyl (C=O) groups is 2. The summed E-state index contributed by atoms with van der Waals surface area (Å²) in [6.45, 7) is 1.82. The lowest BCUT2D eigenvalue weighted by Gasteiger charge is -2.54. The maximum Gasteiger partial charge on any atom is 0.243 e.